The van der Waals surface area contributed by atoms with Crippen LogP contribution in [0.3, 0.4) is 0 Å². The molecule has 0 fully saturated rings. The van der Waals surface area contributed by atoms with Crippen molar-refractivity contribution in [3.63, 3.8) is 0 Å². The number of rotatable bonds is 39. The van der Waals surface area contributed by atoms with Crippen molar-refractivity contribution >= 4 is 66.0 Å². The predicted octanol–water partition coefficient (Wildman–Crippen LogP) is 21.2. The van der Waals surface area contributed by atoms with Gasteiger partial charge in [0.2, 0.25) is 0 Å². The van der Waals surface area contributed by atoms with Crippen molar-refractivity contribution in [2.24, 2.45) is 0 Å². The van der Waals surface area contributed by atoms with Gasteiger partial charge >= 0.3 is 479 Å². The molecule has 77 heavy (non-hydrogen) atoms. The average molecular weight is 1280 g/mol. The molecule has 0 saturated carbocycles. The topological polar surface area (TPSA) is 77.8 Å². The number of hydrogen-bond donors (Lipinski definition) is 0. The van der Waals surface area contributed by atoms with E-state index in [0.29, 0.717) is 33.3 Å². The average Bonchev–Trinajstić information content (AvgIpc) is 4.26. The van der Waals surface area contributed by atoms with Crippen molar-refractivity contribution in [3.05, 3.63) is 46.0 Å². The van der Waals surface area contributed by atoms with Crippen molar-refractivity contribution in [2.45, 2.75) is 306 Å². The van der Waals surface area contributed by atoms with E-state index in [1.807, 2.05) is 0 Å². The van der Waals surface area contributed by atoms with Gasteiger partial charge in [-0.05, 0) is 0 Å². The molecule has 0 N–H and O–H groups in total. The first-order valence-electron chi connectivity index (χ1n) is 32.6. The van der Waals surface area contributed by atoms with Gasteiger partial charge in [0.05, 0.1) is 0 Å². The fraction of sp³-hybridized carbons (Fsp3) is 0.731. The van der Waals surface area contributed by atoms with Gasteiger partial charge in [-0.15, -0.1) is 0 Å². The minimum atomic E-state index is -3.34. The van der Waals surface area contributed by atoms with Gasteiger partial charge in [0.25, 0.3) is 0 Å². The van der Waals surface area contributed by atoms with Crippen LogP contribution in [-0.2, 0) is 10.8 Å². The maximum absolute atomic E-state index is 20.2. The molecule has 428 valence electrons. The summed E-state index contributed by atoms with van der Waals surface area (Å²) < 4.78 is 58.6. The van der Waals surface area contributed by atoms with Crippen molar-refractivity contribution in [1.29, 1.82) is 0 Å². The van der Waals surface area contributed by atoms with E-state index in [2.05, 4.69) is 80.6 Å². The summed E-state index contributed by atoms with van der Waals surface area (Å²) in [4.78, 5) is 7.29. The normalized spacial score (nSPS) is 14.5. The first-order chi connectivity index (χ1) is 37.4. The van der Waals surface area contributed by atoms with Gasteiger partial charge in [0.1, 0.15) is 0 Å². The molecule has 0 amide bonds. The second kappa shape index (κ2) is 29.8. The quantitative estimate of drug-likeness (QED) is 0.0288. The second-order valence-corrected chi connectivity index (χ2v) is 53.3. The Hall–Kier alpha value is -2.08. The third-order valence-electron chi connectivity index (χ3n) is 19.2. The maximum atomic E-state index is 20.2. The molecular formula is C67H106F2N4O2Sn2. The summed E-state index contributed by atoms with van der Waals surface area (Å²) in [6.45, 7) is 16.1. The molecule has 3 aromatic carbocycles. The summed E-state index contributed by atoms with van der Waals surface area (Å²) >= 11 is -6.33. The zero-order chi connectivity index (χ0) is 55.1. The van der Waals surface area contributed by atoms with Crippen LogP contribution in [0.4, 0.5) is 8.78 Å². The van der Waals surface area contributed by atoms with E-state index in [4.69, 9.17) is 24.7 Å². The molecule has 2 aliphatic carbocycles. The Labute approximate surface area is 475 Å². The number of halogens is 2. The number of aromatic nitrogens is 4. The summed E-state index contributed by atoms with van der Waals surface area (Å²) in [5.41, 5.74) is 7.35. The van der Waals surface area contributed by atoms with E-state index in [9.17, 15) is 0 Å². The van der Waals surface area contributed by atoms with Crippen LogP contribution >= 0.6 is 0 Å². The van der Waals surface area contributed by atoms with Crippen LogP contribution in [0.1, 0.15) is 289 Å². The van der Waals surface area contributed by atoms with Crippen molar-refractivity contribution in [1.82, 2.24) is 20.6 Å². The summed E-state index contributed by atoms with van der Waals surface area (Å²) in [7, 11) is 0. The fourth-order valence-electron chi connectivity index (χ4n) is 14.9. The van der Waals surface area contributed by atoms with Crippen LogP contribution in [0.5, 0.6) is 0 Å². The summed E-state index contributed by atoms with van der Waals surface area (Å²) in [5, 5.41) is 19.3. The molecule has 0 atom stereocenters. The van der Waals surface area contributed by atoms with Crippen LogP contribution in [0.2, 0.25) is 28.1 Å². The van der Waals surface area contributed by atoms with Crippen LogP contribution in [-0.4, -0.2) is 57.4 Å². The Bertz CT molecular complexity index is 2580. The van der Waals surface area contributed by atoms with Gasteiger partial charge in [-0.25, -0.2) is 0 Å². The molecular weight excluding hydrogens is 1170 g/mol. The number of fused-ring (bicyclic) bond motifs is 10. The minimum absolute atomic E-state index is 0.223. The molecule has 0 radical (unpaired) electrons. The third kappa shape index (κ3) is 13.4. The van der Waals surface area contributed by atoms with E-state index in [1.54, 1.807) is 0 Å². The Morgan fingerprint density at radius 1 is 0.364 bits per heavy atom. The van der Waals surface area contributed by atoms with Crippen LogP contribution < -0.4 is 7.16 Å². The number of unbranched alkanes of at least 4 members (excludes halogenated alkanes) is 23. The van der Waals surface area contributed by atoms with Gasteiger partial charge in [0, 0.05) is 0 Å². The molecule has 0 saturated heterocycles. The van der Waals surface area contributed by atoms with E-state index >= 15 is 8.78 Å². The van der Waals surface area contributed by atoms with E-state index < -0.39 is 47.6 Å². The Balaban J connectivity index is 1.60. The molecule has 0 unspecified atom stereocenters. The zero-order valence-electron chi connectivity index (χ0n) is 50.7. The molecule has 0 bridgehead atoms. The van der Waals surface area contributed by atoms with Gasteiger partial charge in [0.15, 0.2) is 0 Å². The first kappa shape index (κ1) is 62.5. The second-order valence-electron chi connectivity index (χ2n) is 25.8. The molecule has 5 aromatic rings. The SMILES string of the molecule is CCCCCCCCC1(CCCCCCCC)c2c[c]([Sn]([CH3])([CH3])[CH3])c3nonc3c2-c2c(F)c3c(c(F)c21)-c1c(c[c]([Sn]([CH2]CCC)([CH2]CCC)[CH2]CCC)c2nonc12)C3(CCCCCCCC)CCCCCCCC. The molecule has 2 aromatic heterocycles. The van der Waals surface area contributed by atoms with Gasteiger partial charge in [-0.3, -0.25) is 0 Å². The number of nitrogens with zero attached hydrogens (tertiary/aromatic N) is 4. The third-order valence-corrected chi connectivity index (χ3v) is 40.4. The molecule has 6 nitrogen and oxygen atoms in total. The van der Waals surface area contributed by atoms with Crippen molar-refractivity contribution < 1.29 is 18.0 Å². The van der Waals surface area contributed by atoms with E-state index in [-0.39, 0.29) is 11.6 Å². The monoisotopic (exact) mass is 1280 g/mol. The van der Waals surface area contributed by atoms with E-state index in [0.717, 1.165) is 155 Å². The number of benzene rings is 3. The molecule has 0 aliphatic heterocycles. The van der Waals surface area contributed by atoms with Gasteiger partial charge in [-0.1, -0.05) is 0 Å². The van der Waals surface area contributed by atoms with Gasteiger partial charge in [-0.2, -0.15) is 0 Å². The Kier molecular flexibility index (Phi) is 24.2. The standard InChI is InChI=1S/C52H70F2N4O2.3C4H9.3CH3.2Sn/c1-5-9-13-17-21-25-33-51(34-26-22-18-14-10-6-2)37-29-31-39-49(57-59-55-39)41(37)43-45(51)47(53)44-42-38(30-32-40-50(42)58-60-56-40)52(46(44)48(43)54,35-27-23-19-15-11-7-3)36-28-24-20-16-12-8-4;3*1-3-4-2;;;;;/h29-30H,5-28,33-36H2,1-4H3;3*1,3-4H2,2H3;3*1H3;;. The first-order valence-corrected chi connectivity index (χ1v) is 50.1. The summed E-state index contributed by atoms with van der Waals surface area (Å²) in [5.74, 6) is -0.447. The Morgan fingerprint density at radius 2 is 0.649 bits per heavy atom. The Morgan fingerprint density at radius 3 is 0.974 bits per heavy atom. The summed E-state index contributed by atoms with van der Waals surface area (Å²) in [6, 6.07) is 4.98. The van der Waals surface area contributed by atoms with Gasteiger partial charge < -0.3 is 0 Å². The van der Waals surface area contributed by atoms with Crippen molar-refractivity contribution in [3.8, 4) is 22.3 Å². The van der Waals surface area contributed by atoms with E-state index in [1.165, 1.54) is 117 Å². The molecule has 7 rings (SSSR count). The van der Waals surface area contributed by atoms with Crippen LogP contribution in [0, 0.1) is 11.6 Å². The number of hydrogen-bond acceptors (Lipinski definition) is 6. The van der Waals surface area contributed by atoms with Crippen molar-refractivity contribution in [2.75, 3.05) is 0 Å². The zero-order valence-corrected chi connectivity index (χ0v) is 56.4. The molecule has 0 spiro atoms. The predicted molar refractivity (Wildman–Crippen MR) is 329 cm³/mol. The molecule has 2 aliphatic rings. The fourth-order valence-corrected chi connectivity index (χ4v) is 35.5. The molecule has 10 heteroatoms. The summed E-state index contributed by atoms with van der Waals surface area (Å²) in [6.07, 6.45) is 37.5. The molecule has 2 heterocycles. The van der Waals surface area contributed by atoms with Crippen LogP contribution in [0.25, 0.3) is 44.3 Å². The van der Waals surface area contributed by atoms with Crippen LogP contribution in [0.15, 0.2) is 21.4 Å².